The van der Waals surface area contributed by atoms with E-state index >= 15 is 8.78 Å². The van der Waals surface area contributed by atoms with Crippen LogP contribution in [0.5, 0.6) is 11.5 Å². The minimum absolute atomic E-state index is 0.0109. The van der Waals surface area contributed by atoms with Gasteiger partial charge in [0.15, 0.2) is 22.6 Å². The molecular weight excluding hydrogens is 813 g/mol. The molecule has 0 N–H and O–H groups in total. The third-order valence-corrected chi connectivity index (χ3v) is 8.75. The number of fused-ring (bicyclic) bond motifs is 2. The van der Waals surface area contributed by atoms with E-state index in [0.29, 0.717) is 0 Å². The maximum Gasteiger partial charge on any atom is 0.346 e. The van der Waals surface area contributed by atoms with Crippen LogP contribution in [0.2, 0.25) is 10.0 Å². The molecule has 4 aromatic carbocycles. The van der Waals surface area contributed by atoms with Crippen molar-refractivity contribution in [2.24, 2.45) is 0 Å². The van der Waals surface area contributed by atoms with Crippen LogP contribution in [0.1, 0.15) is 62.3 Å². The van der Waals surface area contributed by atoms with Crippen molar-refractivity contribution in [3.8, 4) is 34.1 Å². The van der Waals surface area contributed by atoms with E-state index < -0.39 is 56.8 Å². The van der Waals surface area contributed by atoms with Gasteiger partial charge in [-0.3, -0.25) is 9.59 Å². The van der Waals surface area contributed by atoms with Gasteiger partial charge in [-0.25, -0.2) is 18.4 Å². The number of hydrogen-bond acceptors (Lipinski definition) is 11. The lowest BCUT2D eigenvalue weighted by Gasteiger charge is -2.20. The molecule has 0 saturated heterocycles. The Morgan fingerprint density at radius 2 is 0.966 bits per heavy atom. The number of ether oxygens (including phenoxy) is 5. The van der Waals surface area contributed by atoms with Crippen molar-refractivity contribution in [2.75, 3.05) is 26.4 Å². The molecule has 0 aliphatic carbocycles. The maximum absolute atomic E-state index is 15.6. The predicted molar refractivity (Wildman–Crippen MR) is 218 cm³/mol. The van der Waals surface area contributed by atoms with Gasteiger partial charge in [0.2, 0.25) is 10.9 Å². The third-order valence-electron chi connectivity index (χ3n) is 8.28. The lowest BCUT2D eigenvalue weighted by atomic mass is 10.0. The molecule has 0 spiro atoms. The highest BCUT2D eigenvalue weighted by atomic mass is 35.5. The lowest BCUT2D eigenvalue weighted by Crippen LogP contribution is -2.28. The third kappa shape index (κ3) is 10.1. The van der Waals surface area contributed by atoms with Gasteiger partial charge in [0, 0.05) is 34.3 Å². The minimum atomic E-state index is -0.975. The summed E-state index contributed by atoms with van der Waals surface area (Å²) >= 11 is 12.2. The number of esters is 2. The standard InChI is InChI=1S/C44H38Cl2F2O11/c1-43(2,3)58-41(51)35-37(49)29-11-7-23(45)19-33(29)56-39(35)27-13-9-25(21-31(27)47)54-17-15-53-16-18-55-26-10-14-28(32(48)22-26)40-36(42(52)59-44(4,5)6)38(50)30-12-8-24(46)20-34(30)57-40/h7-14,19-22H,15-18H2,1-6H3. The van der Waals surface area contributed by atoms with Crippen LogP contribution in [0.25, 0.3) is 44.6 Å². The van der Waals surface area contributed by atoms with Crippen LogP contribution in [0.3, 0.4) is 0 Å². The molecule has 15 heteroatoms. The molecular formula is C44H38Cl2F2O11. The first-order chi connectivity index (χ1) is 27.8. The van der Waals surface area contributed by atoms with Gasteiger partial charge in [-0.05, 0) is 90.1 Å². The highest BCUT2D eigenvalue weighted by Crippen LogP contribution is 2.34. The summed E-state index contributed by atoms with van der Waals surface area (Å²) in [5, 5.41) is 0.695. The SMILES string of the molecule is CC(C)(C)OC(=O)c1c(-c2ccc(OCCOCCOc3ccc(-c4oc5cc(Cl)ccc5c(=O)c4C(=O)OC(C)(C)C)c(F)c3)cc2F)oc2cc(Cl)ccc2c1=O. The summed E-state index contributed by atoms with van der Waals surface area (Å²) in [6, 6.07) is 16.2. The minimum Gasteiger partial charge on any atom is -0.491 e. The molecule has 0 radical (unpaired) electrons. The van der Waals surface area contributed by atoms with Gasteiger partial charge in [-0.15, -0.1) is 0 Å². The highest BCUT2D eigenvalue weighted by Gasteiger charge is 2.30. The summed E-state index contributed by atoms with van der Waals surface area (Å²) in [7, 11) is 0. The number of rotatable bonds is 12. The Morgan fingerprint density at radius 3 is 1.32 bits per heavy atom. The quantitative estimate of drug-likeness (QED) is 0.0858. The van der Waals surface area contributed by atoms with Crippen molar-refractivity contribution >= 4 is 57.1 Å². The van der Waals surface area contributed by atoms with Crippen molar-refractivity contribution in [3.05, 3.63) is 126 Å². The fourth-order valence-electron chi connectivity index (χ4n) is 5.82. The Kier molecular flexibility index (Phi) is 12.5. The molecule has 0 saturated carbocycles. The number of hydrogen-bond donors (Lipinski definition) is 0. The first-order valence-electron chi connectivity index (χ1n) is 18.2. The zero-order valence-corrected chi connectivity index (χ0v) is 34.3. The van der Waals surface area contributed by atoms with Crippen LogP contribution >= 0.6 is 23.2 Å². The summed E-state index contributed by atoms with van der Waals surface area (Å²) in [5.74, 6) is -4.00. The van der Waals surface area contributed by atoms with E-state index in [9.17, 15) is 19.2 Å². The van der Waals surface area contributed by atoms with Gasteiger partial charge in [0.25, 0.3) is 0 Å². The van der Waals surface area contributed by atoms with E-state index in [1.54, 1.807) is 41.5 Å². The molecule has 0 aliphatic heterocycles. The van der Waals surface area contributed by atoms with Crippen molar-refractivity contribution in [1.29, 1.82) is 0 Å². The van der Waals surface area contributed by atoms with E-state index in [2.05, 4.69) is 0 Å². The van der Waals surface area contributed by atoms with Crippen molar-refractivity contribution in [3.63, 3.8) is 0 Å². The maximum atomic E-state index is 15.6. The second-order valence-corrected chi connectivity index (χ2v) is 16.0. The summed E-state index contributed by atoms with van der Waals surface area (Å²) in [6.07, 6.45) is 0. The molecule has 0 unspecified atom stereocenters. The average molecular weight is 852 g/mol. The fraction of sp³-hybridized carbons (Fsp3) is 0.273. The first kappa shape index (κ1) is 42.8. The number of halogens is 4. The normalized spacial score (nSPS) is 11.8. The second kappa shape index (κ2) is 17.2. The number of carbonyl (C=O) groups excluding carboxylic acids is 2. The van der Waals surface area contributed by atoms with Gasteiger partial charge >= 0.3 is 11.9 Å². The van der Waals surface area contributed by atoms with Crippen LogP contribution < -0.4 is 20.3 Å². The van der Waals surface area contributed by atoms with Gasteiger partial charge in [-0.2, -0.15) is 0 Å². The highest BCUT2D eigenvalue weighted by molar-refractivity contribution is 6.31. The fourth-order valence-corrected chi connectivity index (χ4v) is 6.14. The first-order valence-corrected chi connectivity index (χ1v) is 19.0. The monoisotopic (exact) mass is 850 g/mol. The van der Waals surface area contributed by atoms with Gasteiger partial charge < -0.3 is 32.5 Å². The zero-order chi connectivity index (χ0) is 42.8. The van der Waals surface area contributed by atoms with E-state index in [4.69, 9.17) is 55.7 Å². The van der Waals surface area contributed by atoms with Crippen molar-refractivity contribution in [1.82, 2.24) is 0 Å². The zero-order valence-electron chi connectivity index (χ0n) is 32.8. The molecule has 0 aliphatic rings. The van der Waals surface area contributed by atoms with Crippen LogP contribution in [-0.2, 0) is 14.2 Å². The van der Waals surface area contributed by atoms with Gasteiger partial charge in [0.05, 0.1) is 35.1 Å². The van der Waals surface area contributed by atoms with Crippen molar-refractivity contribution in [2.45, 2.75) is 52.7 Å². The Balaban J connectivity index is 1.08. The molecule has 0 fully saturated rings. The molecule has 0 atom stereocenters. The average Bonchev–Trinajstić information content (AvgIpc) is 3.12. The largest absolute Gasteiger partial charge is 0.491 e. The summed E-state index contributed by atoms with van der Waals surface area (Å²) in [4.78, 5) is 53.2. The second-order valence-electron chi connectivity index (χ2n) is 15.1. The lowest BCUT2D eigenvalue weighted by molar-refractivity contribution is 0.00546. The van der Waals surface area contributed by atoms with Crippen LogP contribution in [0.4, 0.5) is 8.78 Å². The van der Waals surface area contributed by atoms with Crippen LogP contribution in [-0.4, -0.2) is 49.6 Å². The molecule has 0 amide bonds. The molecule has 6 aromatic rings. The molecule has 308 valence electrons. The topological polar surface area (TPSA) is 141 Å². The predicted octanol–water partition coefficient (Wildman–Crippen LogP) is 10.2. The van der Waals surface area contributed by atoms with E-state index in [1.165, 1.54) is 60.7 Å². The molecule has 59 heavy (non-hydrogen) atoms. The summed E-state index contributed by atoms with van der Waals surface area (Å²) < 4.78 is 70.7. The smallest absolute Gasteiger partial charge is 0.346 e. The van der Waals surface area contributed by atoms with E-state index in [-0.39, 0.29) is 92.6 Å². The Morgan fingerprint density at radius 1 is 0.576 bits per heavy atom. The summed E-state index contributed by atoms with van der Waals surface area (Å²) in [5.41, 5.74) is -4.46. The Hall–Kier alpha value is -5.76. The van der Waals surface area contributed by atoms with Crippen molar-refractivity contribution < 1.29 is 50.9 Å². The molecule has 2 heterocycles. The Labute approximate surface area is 346 Å². The molecule has 0 bridgehead atoms. The molecule has 2 aromatic heterocycles. The van der Waals surface area contributed by atoms with E-state index in [1.807, 2.05) is 0 Å². The number of carbonyl (C=O) groups is 2. The molecule has 11 nitrogen and oxygen atoms in total. The van der Waals surface area contributed by atoms with E-state index in [0.717, 1.165) is 12.1 Å². The summed E-state index contributed by atoms with van der Waals surface area (Å²) in [6.45, 7) is 9.98. The van der Waals surface area contributed by atoms with Crippen LogP contribution in [0, 0.1) is 11.6 Å². The number of benzene rings is 4. The molecule has 6 rings (SSSR count). The van der Waals surface area contributed by atoms with Gasteiger partial charge in [0.1, 0.15) is 58.7 Å². The van der Waals surface area contributed by atoms with Crippen LogP contribution in [0.15, 0.2) is 91.2 Å². The Bertz CT molecular complexity index is 2530. The van der Waals surface area contributed by atoms with Gasteiger partial charge in [-0.1, -0.05) is 23.2 Å².